The number of imidazole rings is 1. The summed E-state index contributed by atoms with van der Waals surface area (Å²) in [5.74, 6) is 1.87. The van der Waals surface area contributed by atoms with Gasteiger partial charge in [-0.25, -0.2) is 4.98 Å². The SMILES string of the molecule is COc1cccc(C=C(C#N)c2nc3ccccc3n2C)c1OC(C)C. The summed E-state index contributed by atoms with van der Waals surface area (Å²) in [7, 11) is 3.51. The third kappa shape index (κ3) is 3.27. The Morgan fingerprint density at radius 1 is 1.19 bits per heavy atom. The molecule has 0 fully saturated rings. The fraction of sp³-hybridized carbons (Fsp3) is 0.238. The minimum atomic E-state index is -0.0141. The van der Waals surface area contributed by atoms with Crippen molar-refractivity contribution in [1.29, 1.82) is 5.26 Å². The topological polar surface area (TPSA) is 60.1 Å². The van der Waals surface area contributed by atoms with Crippen molar-refractivity contribution in [2.75, 3.05) is 7.11 Å². The Bertz CT molecular complexity index is 1010. The van der Waals surface area contributed by atoms with E-state index in [-0.39, 0.29) is 6.10 Å². The van der Waals surface area contributed by atoms with Gasteiger partial charge in [-0.3, -0.25) is 0 Å². The van der Waals surface area contributed by atoms with Crippen LogP contribution in [0.2, 0.25) is 0 Å². The Labute approximate surface area is 153 Å². The van der Waals surface area contributed by atoms with Crippen LogP contribution in [0, 0.1) is 11.3 Å². The molecule has 0 aliphatic rings. The zero-order valence-corrected chi connectivity index (χ0v) is 15.4. The van der Waals surface area contributed by atoms with E-state index in [9.17, 15) is 5.26 Å². The first-order valence-electron chi connectivity index (χ1n) is 8.42. The molecule has 5 nitrogen and oxygen atoms in total. The van der Waals surface area contributed by atoms with Gasteiger partial charge in [0, 0.05) is 12.6 Å². The first kappa shape index (κ1) is 17.6. The van der Waals surface area contributed by atoms with E-state index in [1.54, 1.807) is 13.2 Å². The molecule has 0 bridgehead atoms. The Morgan fingerprint density at radius 3 is 2.62 bits per heavy atom. The second kappa shape index (κ2) is 7.32. The minimum absolute atomic E-state index is 0.0141. The molecule has 1 heterocycles. The van der Waals surface area contributed by atoms with Gasteiger partial charge in [-0.05, 0) is 38.1 Å². The van der Waals surface area contributed by atoms with Crippen LogP contribution in [0.5, 0.6) is 11.5 Å². The molecule has 5 heteroatoms. The number of aromatic nitrogens is 2. The van der Waals surface area contributed by atoms with Crippen molar-refractivity contribution in [2.24, 2.45) is 7.05 Å². The third-order valence-corrected chi connectivity index (χ3v) is 4.03. The lowest BCUT2D eigenvalue weighted by Crippen LogP contribution is -2.08. The average Bonchev–Trinajstić information content (AvgIpc) is 2.97. The molecule has 0 unspecified atom stereocenters. The van der Waals surface area contributed by atoms with Crippen molar-refractivity contribution in [3.8, 4) is 17.6 Å². The number of methoxy groups -OCH3 is 1. The highest BCUT2D eigenvalue weighted by Crippen LogP contribution is 2.34. The molecule has 26 heavy (non-hydrogen) atoms. The lowest BCUT2D eigenvalue weighted by molar-refractivity contribution is 0.229. The fourth-order valence-corrected chi connectivity index (χ4v) is 2.86. The monoisotopic (exact) mass is 347 g/mol. The number of nitrogens with zero attached hydrogens (tertiary/aromatic N) is 3. The lowest BCUT2D eigenvalue weighted by Gasteiger charge is -2.16. The largest absolute Gasteiger partial charge is 0.493 e. The molecule has 1 aromatic heterocycles. The predicted octanol–water partition coefficient (Wildman–Crippen LogP) is 4.43. The maximum absolute atomic E-state index is 9.75. The van der Waals surface area contributed by atoms with Crippen molar-refractivity contribution in [3.05, 3.63) is 53.9 Å². The maximum atomic E-state index is 9.75. The number of rotatable bonds is 5. The summed E-state index contributed by atoms with van der Waals surface area (Å²) >= 11 is 0. The van der Waals surface area contributed by atoms with Gasteiger partial charge in [0.1, 0.15) is 6.07 Å². The smallest absolute Gasteiger partial charge is 0.168 e. The summed E-state index contributed by atoms with van der Waals surface area (Å²) in [6.45, 7) is 3.91. The second-order valence-corrected chi connectivity index (χ2v) is 6.20. The fourth-order valence-electron chi connectivity index (χ4n) is 2.86. The van der Waals surface area contributed by atoms with Gasteiger partial charge in [0.25, 0.3) is 0 Å². The van der Waals surface area contributed by atoms with Gasteiger partial charge < -0.3 is 14.0 Å². The number of ether oxygens (including phenoxy) is 2. The standard InChI is InChI=1S/C21H21N3O2/c1-14(2)26-20-15(8-7-11-19(20)25-4)12-16(13-22)21-23-17-9-5-6-10-18(17)24(21)3/h5-12,14H,1-4H3. The summed E-state index contributed by atoms with van der Waals surface area (Å²) in [5, 5.41) is 9.75. The highest BCUT2D eigenvalue weighted by molar-refractivity contribution is 5.92. The first-order valence-corrected chi connectivity index (χ1v) is 8.42. The quantitative estimate of drug-likeness (QED) is 0.641. The Kier molecular flexibility index (Phi) is 4.94. The van der Waals surface area contributed by atoms with Gasteiger partial charge >= 0.3 is 0 Å². The average molecular weight is 347 g/mol. The van der Waals surface area contributed by atoms with E-state index in [1.807, 2.05) is 67.9 Å². The molecule has 3 aromatic rings. The zero-order valence-electron chi connectivity index (χ0n) is 15.4. The van der Waals surface area contributed by atoms with E-state index < -0.39 is 0 Å². The molecular weight excluding hydrogens is 326 g/mol. The van der Waals surface area contributed by atoms with Crippen molar-refractivity contribution >= 4 is 22.7 Å². The molecule has 0 spiro atoms. The highest BCUT2D eigenvalue weighted by atomic mass is 16.5. The van der Waals surface area contributed by atoms with E-state index in [4.69, 9.17) is 9.47 Å². The number of para-hydroxylation sites is 3. The molecule has 0 radical (unpaired) electrons. The molecular formula is C21H21N3O2. The minimum Gasteiger partial charge on any atom is -0.493 e. The molecule has 3 rings (SSSR count). The number of nitriles is 1. The van der Waals surface area contributed by atoms with Crippen LogP contribution < -0.4 is 9.47 Å². The van der Waals surface area contributed by atoms with Crippen LogP contribution in [0.25, 0.3) is 22.7 Å². The molecule has 0 N–H and O–H groups in total. The van der Waals surface area contributed by atoms with Gasteiger partial charge in [0.15, 0.2) is 17.3 Å². The zero-order chi connectivity index (χ0) is 18.7. The van der Waals surface area contributed by atoms with E-state index in [0.29, 0.717) is 22.9 Å². The van der Waals surface area contributed by atoms with Gasteiger partial charge in [-0.2, -0.15) is 5.26 Å². The van der Waals surface area contributed by atoms with E-state index in [0.717, 1.165) is 16.6 Å². The van der Waals surface area contributed by atoms with Crippen molar-refractivity contribution in [1.82, 2.24) is 9.55 Å². The van der Waals surface area contributed by atoms with Gasteiger partial charge in [0.05, 0.1) is 29.8 Å². The van der Waals surface area contributed by atoms with E-state index in [2.05, 4.69) is 11.1 Å². The van der Waals surface area contributed by atoms with Crippen LogP contribution in [-0.2, 0) is 7.05 Å². The van der Waals surface area contributed by atoms with Crippen LogP contribution in [0.15, 0.2) is 42.5 Å². The molecule has 2 aromatic carbocycles. The number of allylic oxidation sites excluding steroid dienone is 1. The van der Waals surface area contributed by atoms with Gasteiger partial charge in [0.2, 0.25) is 0 Å². The van der Waals surface area contributed by atoms with Crippen molar-refractivity contribution in [2.45, 2.75) is 20.0 Å². The molecule has 0 amide bonds. The second-order valence-electron chi connectivity index (χ2n) is 6.20. The Balaban J connectivity index is 2.15. The number of hydrogen-bond acceptors (Lipinski definition) is 4. The normalized spacial score (nSPS) is 11.6. The Hall–Kier alpha value is -3.26. The van der Waals surface area contributed by atoms with Crippen LogP contribution in [0.3, 0.4) is 0 Å². The summed E-state index contributed by atoms with van der Waals surface area (Å²) in [5.41, 5.74) is 3.08. The molecule has 0 saturated carbocycles. The molecule has 0 aliphatic heterocycles. The number of hydrogen-bond donors (Lipinski definition) is 0. The van der Waals surface area contributed by atoms with Crippen LogP contribution in [0.1, 0.15) is 25.2 Å². The van der Waals surface area contributed by atoms with E-state index in [1.165, 1.54) is 0 Å². The van der Waals surface area contributed by atoms with Crippen molar-refractivity contribution in [3.63, 3.8) is 0 Å². The van der Waals surface area contributed by atoms with Gasteiger partial charge in [-0.15, -0.1) is 0 Å². The third-order valence-electron chi connectivity index (χ3n) is 4.03. The molecule has 0 atom stereocenters. The summed E-state index contributed by atoms with van der Waals surface area (Å²) in [4.78, 5) is 4.61. The van der Waals surface area contributed by atoms with E-state index >= 15 is 0 Å². The lowest BCUT2D eigenvalue weighted by atomic mass is 10.1. The highest BCUT2D eigenvalue weighted by Gasteiger charge is 2.15. The summed E-state index contributed by atoms with van der Waals surface area (Å²) in [6.07, 6.45) is 1.78. The van der Waals surface area contributed by atoms with Gasteiger partial charge in [-0.1, -0.05) is 24.3 Å². The number of benzene rings is 2. The summed E-state index contributed by atoms with van der Waals surface area (Å²) in [6, 6.07) is 15.7. The van der Waals surface area contributed by atoms with Crippen molar-refractivity contribution < 1.29 is 9.47 Å². The molecule has 0 aliphatic carbocycles. The predicted molar refractivity (Wildman–Crippen MR) is 103 cm³/mol. The first-order chi connectivity index (χ1) is 12.5. The molecule has 132 valence electrons. The van der Waals surface area contributed by atoms with Crippen LogP contribution >= 0.6 is 0 Å². The molecule has 0 saturated heterocycles. The summed E-state index contributed by atoms with van der Waals surface area (Å²) < 4.78 is 13.3. The maximum Gasteiger partial charge on any atom is 0.168 e. The Morgan fingerprint density at radius 2 is 1.96 bits per heavy atom. The number of fused-ring (bicyclic) bond motifs is 1. The number of aryl methyl sites for hydroxylation is 1. The van der Waals surface area contributed by atoms with Crippen LogP contribution in [-0.4, -0.2) is 22.8 Å². The van der Waals surface area contributed by atoms with Crippen LogP contribution in [0.4, 0.5) is 0 Å².